The Hall–Kier alpha value is -1.27. The maximum absolute atomic E-state index is 8.45. The van der Waals surface area contributed by atoms with Gasteiger partial charge in [-0.2, -0.15) is 5.26 Å². The van der Waals surface area contributed by atoms with Crippen molar-refractivity contribution in [2.75, 3.05) is 0 Å². The smallest absolute Gasteiger partial charge is 0.134 e. The predicted molar refractivity (Wildman–Crippen MR) is 57.8 cm³/mol. The zero-order valence-corrected chi connectivity index (χ0v) is 9.04. The van der Waals surface area contributed by atoms with Crippen molar-refractivity contribution in [3.8, 4) is 6.07 Å². The summed E-state index contributed by atoms with van der Waals surface area (Å²) in [6.07, 6.45) is 1.18. The SMILES string of the molecule is N#CCCc1cc2cc(Br)ccc2o1. The van der Waals surface area contributed by atoms with Crippen molar-refractivity contribution in [3.05, 3.63) is 34.5 Å². The lowest BCUT2D eigenvalue weighted by Crippen LogP contribution is -1.76. The lowest BCUT2D eigenvalue weighted by molar-refractivity contribution is 0.550. The Morgan fingerprint density at radius 2 is 2.21 bits per heavy atom. The first-order valence-corrected chi connectivity index (χ1v) is 5.14. The number of nitrogens with zero attached hydrogens (tertiary/aromatic N) is 1. The zero-order chi connectivity index (χ0) is 9.97. The number of rotatable bonds is 2. The number of hydrogen-bond donors (Lipinski definition) is 0. The van der Waals surface area contributed by atoms with Crippen molar-refractivity contribution in [1.82, 2.24) is 0 Å². The van der Waals surface area contributed by atoms with Gasteiger partial charge in [0.1, 0.15) is 11.3 Å². The van der Waals surface area contributed by atoms with Gasteiger partial charge < -0.3 is 4.42 Å². The van der Waals surface area contributed by atoms with Crippen molar-refractivity contribution < 1.29 is 4.42 Å². The van der Waals surface area contributed by atoms with Gasteiger partial charge in [0.2, 0.25) is 0 Å². The van der Waals surface area contributed by atoms with Crippen LogP contribution in [0.4, 0.5) is 0 Å². The van der Waals surface area contributed by atoms with E-state index >= 15 is 0 Å². The van der Waals surface area contributed by atoms with Crippen molar-refractivity contribution in [2.45, 2.75) is 12.8 Å². The van der Waals surface area contributed by atoms with Crippen LogP contribution in [0.15, 0.2) is 33.2 Å². The van der Waals surface area contributed by atoms with Gasteiger partial charge in [0.25, 0.3) is 0 Å². The van der Waals surface area contributed by atoms with E-state index < -0.39 is 0 Å². The number of benzene rings is 1. The van der Waals surface area contributed by atoms with Crippen LogP contribution in [0.2, 0.25) is 0 Å². The number of aryl methyl sites for hydroxylation is 1. The molecule has 1 aromatic carbocycles. The Bertz CT molecular complexity index is 495. The van der Waals surface area contributed by atoms with Gasteiger partial charge in [-0.15, -0.1) is 0 Å². The first-order chi connectivity index (χ1) is 6.79. The van der Waals surface area contributed by atoms with Crippen LogP contribution in [-0.2, 0) is 6.42 Å². The lowest BCUT2D eigenvalue weighted by Gasteiger charge is -1.88. The molecule has 3 heteroatoms. The number of nitriles is 1. The molecule has 0 aliphatic rings. The van der Waals surface area contributed by atoms with Gasteiger partial charge in [-0.1, -0.05) is 15.9 Å². The maximum atomic E-state index is 8.45. The minimum Gasteiger partial charge on any atom is -0.461 e. The summed E-state index contributed by atoms with van der Waals surface area (Å²) in [6, 6.07) is 9.97. The normalized spacial score (nSPS) is 10.3. The summed E-state index contributed by atoms with van der Waals surface area (Å²) in [7, 11) is 0. The van der Waals surface area contributed by atoms with Crippen LogP contribution in [0.25, 0.3) is 11.0 Å². The fraction of sp³-hybridized carbons (Fsp3) is 0.182. The maximum Gasteiger partial charge on any atom is 0.134 e. The summed E-state index contributed by atoms with van der Waals surface area (Å²) in [5, 5.41) is 9.52. The summed E-state index contributed by atoms with van der Waals surface area (Å²) in [4.78, 5) is 0. The Labute approximate surface area is 90.3 Å². The second kappa shape index (κ2) is 3.85. The highest BCUT2D eigenvalue weighted by atomic mass is 79.9. The molecule has 2 rings (SSSR count). The molecule has 2 aromatic rings. The molecule has 0 unspecified atom stereocenters. The molecule has 70 valence electrons. The number of hydrogen-bond acceptors (Lipinski definition) is 2. The highest BCUT2D eigenvalue weighted by molar-refractivity contribution is 9.10. The Morgan fingerprint density at radius 1 is 1.36 bits per heavy atom. The Morgan fingerprint density at radius 3 is 3.00 bits per heavy atom. The standard InChI is InChI=1S/C11H8BrNO/c12-9-3-4-11-8(6-9)7-10(14-11)2-1-5-13/h3-4,6-7H,1-2H2. The molecule has 0 radical (unpaired) electrons. The first kappa shape index (κ1) is 9.29. The number of furan rings is 1. The van der Waals surface area contributed by atoms with E-state index in [1.165, 1.54) is 0 Å². The minimum atomic E-state index is 0.501. The van der Waals surface area contributed by atoms with Gasteiger partial charge in [0, 0.05) is 22.7 Å². The van der Waals surface area contributed by atoms with Crippen molar-refractivity contribution in [2.24, 2.45) is 0 Å². The topological polar surface area (TPSA) is 36.9 Å². The molecular formula is C11H8BrNO. The molecule has 0 bridgehead atoms. The monoisotopic (exact) mass is 249 g/mol. The molecule has 0 atom stereocenters. The van der Waals surface area contributed by atoms with Crippen molar-refractivity contribution >= 4 is 26.9 Å². The molecule has 2 nitrogen and oxygen atoms in total. The molecule has 1 heterocycles. The highest BCUT2D eigenvalue weighted by Gasteiger charge is 2.03. The first-order valence-electron chi connectivity index (χ1n) is 4.34. The van der Waals surface area contributed by atoms with Crippen LogP contribution in [0.3, 0.4) is 0 Å². The van der Waals surface area contributed by atoms with E-state index in [0.717, 1.165) is 21.2 Å². The van der Waals surface area contributed by atoms with Gasteiger partial charge >= 0.3 is 0 Å². The second-order valence-electron chi connectivity index (χ2n) is 3.05. The molecule has 0 saturated heterocycles. The van der Waals surface area contributed by atoms with E-state index in [1.807, 2.05) is 24.3 Å². The third-order valence-electron chi connectivity index (χ3n) is 2.01. The highest BCUT2D eigenvalue weighted by Crippen LogP contribution is 2.23. The summed E-state index contributed by atoms with van der Waals surface area (Å²) < 4.78 is 6.59. The van der Waals surface area contributed by atoms with Gasteiger partial charge in [0.05, 0.1) is 6.07 Å². The van der Waals surface area contributed by atoms with E-state index in [1.54, 1.807) is 0 Å². The van der Waals surface area contributed by atoms with Gasteiger partial charge in [-0.05, 0) is 24.3 Å². The van der Waals surface area contributed by atoms with E-state index in [9.17, 15) is 0 Å². The average Bonchev–Trinajstić information content (AvgIpc) is 2.56. The summed E-state index contributed by atoms with van der Waals surface area (Å²) in [5.74, 6) is 0.875. The van der Waals surface area contributed by atoms with Crippen LogP contribution in [0.5, 0.6) is 0 Å². The van der Waals surface area contributed by atoms with Crippen molar-refractivity contribution in [3.63, 3.8) is 0 Å². The zero-order valence-electron chi connectivity index (χ0n) is 7.46. The van der Waals surface area contributed by atoms with Crippen LogP contribution < -0.4 is 0 Å². The van der Waals surface area contributed by atoms with Crippen LogP contribution in [0.1, 0.15) is 12.2 Å². The third-order valence-corrected chi connectivity index (χ3v) is 2.51. The Balaban J connectivity index is 2.37. The molecule has 0 amide bonds. The van der Waals surface area contributed by atoms with E-state index in [4.69, 9.17) is 9.68 Å². The molecule has 0 aliphatic heterocycles. The van der Waals surface area contributed by atoms with Gasteiger partial charge in [-0.25, -0.2) is 0 Å². The largest absolute Gasteiger partial charge is 0.461 e. The minimum absolute atomic E-state index is 0.501. The van der Waals surface area contributed by atoms with Crippen molar-refractivity contribution in [1.29, 1.82) is 5.26 Å². The summed E-state index contributed by atoms with van der Waals surface area (Å²) in [5.41, 5.74) is 0.876. The molecular weight excluding hydrogens is 242 g/mol. The van der Waals surface area contributed by atoms with Crippen LogP contribution in [-0.4, -0.2) is 0 Å². The number of fused-ring (bicyclic) bond motifs is 1. The molecule has 0 spiro atoms. The van der Waals surface area contributed by atoms with E-state index in [-0.39, 0.29) is 0 Å². The fourth-order valence-electron chi connectivity index (χ4n) is 1.37. The Kier molecular flexibility index (Phi) is 2.55. The average molecular weight is 250 g/mol. The fourth-order valence-corrected chi connectivity index (χ4v) is 1.75. The predicted octanol–water partition coefficient (Wildman–Crippen LogP) is 3.65. The summed E-state index contributed by atoms with van der Waals surface area (Å²) in [6.45, 7) is 0. The molecule has 14 heavy (non-hydrogen) atoms. The van der Waals surface area contributed by atoms with Gasteiger partial charge in [0.15, 0.2) is 0 Å². The summed E-state index contributed by atoms with van der Waals surface area (Å²) >= 11 is 3.40. The molecule has 0 fully saturated rings. The molecule has 0 saturated carbocycles. The van der Waals surface area contributed by atoms with Crippen LogP contribution in [0, 0.1) is 11.3 Å². The lowest BCUT2D eigenvalue weighted by atomic mass is 10.2. The number of halogens is 1. The second-order valence-corrected chi connectivity index (χ2v) is 3.97. The van der Waals surface area contributed by atoms with Gasteiger partial charge in [-0.3, -0.25) is 0 Å². The molecule has 0 aliphatic carbocycles. The van der Waals surface area contributed by atoms with Crippen LogP contribution >= 0.6 is 15.9 Å². The quantitative estimate of drug-likeness (QED) is 0.815. The van der Waals surface area contributed by atoms with E-state index in [2.05, 4.69) is 22.0 Å². The van der Waals surface area contributed by atoms with E-state index in [0.29, 0.717) is 12.8 Å². The third kappa shape index (κ3) is 1.80. The molecule has 0 N–H and O–H groups in total. The molecule has 1 aromatic heterocycles.